The number of hydrogen-bond donors (Lipinski definition) is 0. The Hall–Kier alpha value is 0.239. The number of halogens is 2. The Bertz CT molecular complexity index is 224. The van der Waals surface area contributed by atoms with Gasteiger partial charge in [0.1, 0.15) is 0 Å². The van der Waals surface area contributed by atoms with Crippen LogP contribution in [0.5, 0.6) is 0 Å². The first-order valence-corrected chi connectivity index (χ1v) is 4.17. The van der Waals surface area contributed by atoms with Crippen LogP contribution in [0.3, 0.4) is 0 Å². The molecule has 0 aromatic heterocycles. The summed E-state index contributed by atoms with van der Waals surface area (Å²) in [6.07, 6.45) is 0. The van der Waals surface area contributed by atoms with E-state index in [4.69, 9.17) is 11.6 Å². The van der Waals surface area contributed by atoms with Crippen LogP contribution >= 0.6 is 11.6 Å². The van der Waals surface area contributed by atoms with E-state index in [-0.39, 0.29) is 5.82 Å². The fourth-order valence-corrected chi connectivity index (χ4v) is 1.09. The zero-order valence-electron chi connectivity index (χ0n) is 4.49. The average Bonchev–Trinajstić information content (AvgIpc) is 1.80. The molecular formula is C6H3ClFSn. The summed E-state index contributed by atoms with van der Waals surface area (Å²) in [5.74, 6) is -0.208. The second-order valence-corrected chi connectivity index (χ2v) is 3.60. The Balaban J connectivity index is 3.17. The Morgan fingerprint density at radius 3 is 2.56 bits per heavy atom. The minimum absolute atomic E-state index is 0.208. The SMILES string of the molecule is Fc1cc(Cl)cc[c]1[Sn]. The van der Waals surface area contributed by atoms with E-state index in [0.29, 0.717) is 8.60 Å². The molecule has 0 nitrogen and oxygen atoms in total. The molecule has 0 N–H and O–H groups in total. The molecule has 0 bridgehead atoms. The van der Waals surface area contributed by atoms with Gasteiger partial charge >= 0.3 is 71.1 Å². The van der Waals surface area contributed by atoms with Crippen LogP contribution in [-0.2, 0) is 0 Å². The quantitative estimate of drug-likeness (QED) is 0.607. The van der Waals surface area contributed by atoms with Crippen molar-refractivity contribution < 1.29 is 4.39 Å². The first-order chi connectivity index (χ1) is 4.20. The van der Waals surface area contributed by atoms with E-state index >= 15 is 0 Å². The molecule has 0 aliphatic carbocycles. The standard InChI is InChI=1S/C6H3ClF.Sn/c7-5-2-1-3-6(8)4-5;/h1-2,4H;. The molecular weight excluding hydrogens is 245 g/mol. The van der Waals surface area contributed by atoms with E-state index < -0.39 is 0 Å². The summed E-state index contributed by atoms with van der Waals surface area (Å²) in [7, 11) is 0. The molecule has 1 aromatic rings. The zero-order chi connectivity index (χ0) is 6.85. The van der Waals surface area contributed by atoms with Gasteiger partial charge in [0.15, 0.2) is 0 Å². The number of benzene rings is 1. The molecule has 45 valence electrons. The van der Waals surface area contributed by atoms with Crippen molar-refractivity contribution in [3.63, 3.8) is 0 Å². The maximum atomic E-state index is 12.5. The van der Waals surface area contributed by atoms with Crippen molar-refractivity contribution in [3.8, 4) is 0 Å². The van der Waals surface area contributed by atoms with Crippen LogP contribution in [-0.4, -0.2) is 22.5 Å². The molecule has 9 heavy (non-hydrogen) atoms. The summed E-state index contributed by atoms with van der Waals surface area (Å²) < 4.78 is 13.2. The molecule has 0 aliphatic rings. The van der Waals surface area contributed by atoms with E-state index in [1.807, 2.05) is 0 Å². The molecule has 0 saturated carbocycles. The summed E-state index contributed by atoms with van der Waals surface area (Å²) in [6.45, 7) is 0. The van der Waals surface area contributed by atoms with Crippen molar-refractivity contribution in [1.29, 1.82) is 0 Å². The second kappa shape index (κ2) is 2.88. The van der Waals surface area contributed by atoms with Crippen molar-refractivity contribution in [2.75, 3.05) is 0 Å². The summed E-state index contributed by atoms with van der Waals surface area (Å²) in [4.78, 5) is 0. The van der Waals surface area contributed by atoms with Crippen LogP contribution in [0.1, 0.15) is 0 Å². The van der Waals surface area contributed by atoms with Gasteiger partial charge in [0, 0.05) is 0 Å². The topological polar surface area (TPSA) is 0 Å². The monoisotopic (exact) mass is 249 g/mol. The molecule has 0 atom stereocenters. The number of hydrogen-bond acceptors (Lipinski definition) is 0. The van der Waals surface area contributed by atoms with Gasteiger partial charge in [0.2, 0.25) is 0 Å². The Kier molecular flexibility index (Phi) is 2.35. The molecule has 3 heteroatoms. The fraction of sp³-hybridized carbons (Fsp3) is 0. The van der Waals surface area contributed by atoms with E-state index in [9.17, 15) is 4.39 Å². The van der Waals surface area contributed by atoms with Crippen LogP contribution in [0.2, 0.25) is 5.02 Å². The predicted octanol–water partition coefficient (Wildman–Crippen LogP) is 1.27. The van der Waals surface area contributed by atoms with E-state index in [1.165, 1.54) is 6.07 Å². The molecule has 0 spiro atoms. The van der Waals surface area contributed by atoms with Crippen LogP contribution in [0.4, 0.5) is 4.39 Å². The summed E-state index contributed by atoms with van der Waals surface area (Å²) in [5.41, 5.74) is 0. The maximum absolute atomic E-state index is 12.5. The number of rotatable bonds is 0. The van der Waals surface area contributed by atoms with Gasteiger partial charge in [-0.05, 0) is 0 Å². The Morgan fingerprint density at radius 1 is 1.44 bits per heavy atom. The van der Waals surface area contributed by atoms with Gasteiger partial charge in [0.05, 0.1) is 0 Å². The molecule has 0 saturated heterocycles. The van der Waals surface area contributed by atoms with Gasteiger partial charge in [-0.3, -0.25) is 0 Å². The van der Waals surface area contributed by atoms with Gasteiger partial charge in [-0.25, -0.2) is 0 Å². The van der Waals surface area contributed by atoms with Crippen molar-refractivity contribution in [2.24, 2.45) is 0 Å². The van der Waals surface area contributed by atoms with Crippen molar-refractivity contribution in [3.05, 3.63) is 29.0 Å². The van der Waals surface area contributed by atoms with Gasteiger partial charge in [-0.1, -0.05) is 0 Å². The molecule has 0 aliphatic heterocycles. The van der Waals surface area contributed by atoms with Gasteiger partial charge in [-0.15, -0.1) is 0 Å². The molecule has 0 unspecified atom stereocenters. The normalized spacial score (nSPS) is 9.67. The van der Waals surface area contributed by atoms with Crippen molar-refractivity contribution in [2.45, 2.75) is 0 Å². The second-order valence-electron chi connectivity index (χ2n) is 1.62. The third-order valence-electron chi connectivity index (χ3n) is 0.931. The van der Waals surface area contributed by atoms with Gasteiger partial charge in [0.25, 0.3) is 0 Å². The molecule has 3 radical (unpaired) electrons. The van der Waals surface area contributed by atoms with Crippen LogP contribution < -0.4 is 3.58 Å². The molecule has 0 amide bonds. The van der Waals surface area contributed by atoms with Crippen molar-refractivity contribution >= 4 is 37.7 Å². The first-order valence-electron chi connectivity index (χ1n) is 2.37. The first kappa shape index (κ1) is 7.35. The Labute approximate surface area is 71.1 Å². The minimum atomic E-state index is -0.208. The van der Waals surface area contributed by atoms with Gasteiger partial charge < -0.3 is 0 Å². The molecule has 0 fully saturated rings. The summed E-state index contributed by atoms with van der Waals surface area (Å²) in [5, 5.41) is 0.457. The van der Waals surface area contributed by atoms with E-state index in [2.05, 4.69) is 0 Å². The molecule has 1 aromatic carbocycles. The summed E-state index contributed by atoms with van der Waals surface area (Å²) in [6, 6.07) is 4.70. The average molecular weight is 248 g/mol. The van der Waals surface area contributed by atoms with Crippen LogP contribution in [0.15, 0.2) is 18.2 Å². The van der Waals surface area contributed by atoms with E-state index in [0.717, 1.165) is 22.5 Å². The molecule has 1 rings (SSSR count). The van der Waals surface area contributed by atoms with Crippen molar-refractivity contribution in [1.82, 2.24) is 0 Å². The third kappa shape index (κ3) is 1.83. The zero-order valence-corrected chi connectivity index (χ0v) is 8.10. The van der Waals surface area contributed by atoms with Gasteiger partial charge in [-0.2, -0.15) is 0 Å². The fourth-order valence-electron chi connectivity index (χ4n) is 0.489. The van der Waals surface area contributed by atoms with Crippen LogP contribution in [0, 0.1) is 5.82 Å². The molecule has 0 heterocycles. The Morgan fingerprint density at radius 2 is 2.11 bits per heavy atom. The summed E-state index contributed by atoms with van der Waals surface area (Å²) >= 11 is 6.57. The predicted molar refractivity (Wildman–Crippen MR) is 36.8 cm³/mol. The van der Waals surface area contributed by atoms with E-state index in [1.54, 1.807) is 12.1 Å². The van der Waals surface area contributed by atoms with Crippen LogP contribution in [0.25, 0.3) is 0 Å². The third-order valence-corrected chi connectivity index (χ3v) is 2.32.